The molecule has 4 unspecified atom stereocenters. The van der Waals surface area contributed by atoms with E-state index in [9.17, 15) is 5.26 Å². The molecule has 2 aliphatic heterocycles. The van der Waals surface area contributed by atoms with Crippen LogP contribution >= 0.6 is 0 Å². The molecular weight excluding hydrogens is 412 g/mol. The number of nitrogens with zero attached hydrogens (tertiary/aromatic N) is 3. The second-order valence-corrected chi connectivity index (χ2v) is 9.60. The first-order valence-corrected chi connectivity index (χ1v) is 12.1. The molecule has 33 heavy (non-hydrogen) atoms. The van der Waals surface area contributed by atoms with Crippen LogP contribution in [-0.2, 0) is 10.6 Å². The quantitative estimate of drug-likeness (QED) is 0.689. The summed E-state index contributed by atoms with van der Waals surface area (Å²) in [5, 5.41) is 10.9. The fourth-order valence-corrected chi connectivity index (χ4v) is 5.91. The molecule has 2 heterocycles. The van der Waals surface area contributed by atoms with Gasteiger partial charge in [-0.25, -0.2) is 14.9 Å². The summed E-state index contributed by atoms with van der Waals surface area (Å²) in [7, 11) is 1.80. The highest BCUT2D eigenvalue weighted by Crippen LogP contribution is 2.50. The number of guanidine groups is 1. The van der Waals surface area contributed by atoms with Gasteiger partial charge in [0.25, 0.3) is 0 Å². The van der Waals surface area contributed by atoms with E-state index in [0.29, 0.717) is 29.8 Å². The summed E-state index contributed by atoms with van der Waals surface area (Å²) in [6.07, 6.45) is 8.17. The van der Waals surface area contributed by atoms with E-state index in [2.05, 4.69) is 25.1 Å². The van der Waals surface area contributed by atoms with Gasteiger partial charge in [-0.3, -0.25) is 0 Å². The van der Waals surface area contributed by atoms with E-state index in [1.165, 1.54) is 38.5 Å². The maximum absolute atomic E-state index is 9.31. The first-order chi connectivity index (χ1) is 16.0. The van der Waals surface area contributed by atoms with Crippen LogP contribution in [0.25, 0.3) is 11.1 Å². The molecule has 0 bridgehead atoms. The largest absolute Gasteiger partial charge is 0.489 e. The molecule has 0 radical (unpaired) electrons. The Labute approximate surface area is 196 Å². The SMILES string of the molecule is CCCC1CCCCC1C1CC2(N=C(N)N(C)O2)c2cc(-c3cccc(C#N)c3)ccc2O1. The molecule has 4 atom stereocenters. The van der Waals surface area contributed by atoms with Gasteiger partial charge in [0.1, 0.15) is 11.9 Å². The van der Waals surface area contributed by atoms with Crippen LogP contribution in [0.1, 0.15) is 63.0 Å². The highest BCUT2D eigenvalue weighted by Gasteiger charge is 2.51. The average Bonchev–Trinajstić information content (AvgIpc) is 3.12. The van der Waals surface area contributed by atoms with Gasteiger partial charge in [0.15, 0.2) is 0 Å². The Hall–Kier alpha value is -3.04. The molecule has 0 aromatic heterocycles. The molecule has 2 aromatic rings. The molecule has 1 fully saturated rings. The maximum atomic E-state index is 9.31. The summed E-state index contributed by atoms with van der Waals surface area (Å²) in [6, 6.07) is 16.0. The van der Waals surface area contributed by atoms with Gasteiger partial charge in [0, 0.05) is 13.5 Å². The first-order valence-electron chi connectivity index (χ1n) is 12.1. The highest BCUT2D eigenvalue weighted by molar-refractivity contribution is 5.79. The third kappa shape index (κ3) is 3.95. The van der Waals surface area contributed by atoms with E-state index < -0.39 is 5.72 Å². The molecule has 1 spiro atoms. The molecule has 0 saturated heterocycles. The predicted octanol–water partition coefficient (Wildman–Crippen LogP) is 5.33. The first kappa shape index (κ1) is 21.8. The molecule has 1 aliphatic carbocycles. The van der Waals surface area contributed by atoms with Gasteiger partial charge < -0.3 is 10.5 Å². The van der Waals surface area contributed by atoms with Crippen molar-refractivity contribution in [2.75, 3.05) is 7.05 Å². The maximum Gasteiger partial charge on any atom is 0.221 e. The molecular formula is C27H32N4O2. The normalized spacial score (nSPS) is 28.7. The Kier molecular flexibility index (Phi) is 5.76. The van der Waals surface area contributed by atoms with Crippen LogP contribution in [0.3, 0.4) is 0 Å². The molecule has 172 valence electrons. The predicted molar refractivity (Wildman–Crippen MR) is 128 cm³/mol. The Bertz CT molecular complexity index is 1110. The number of hydroxylamine groups is 2. The number of ether oxygens (including phenoxy) is 1. The summed E-state index contributed by atoms with van der Waals surface area (Å²) in [6.45, 7) is 2.27. The van der Waals surface area contributed by atoms with Crippen LogP contribution in [0.5, 0.6) is 5.75 Å². The molecule has 1 saturated carbocycles. The molecule has 6 nitrogen and oxygen atoms in total. The lowest BCUT2D eigenvalue weighted by Crippen LogP contribution is -2.45. The monoisotopic (exact) mass is 444 g/mol. The lowest BCUT2D eigenvalue weighted by molar-refractivity contribution is -0.196. The van der Waals surface area contributed by atoms with Crippen molar-refractivity contribution in [1.82, 2.24) is 5.06 Å². The fourth-order valence-electron chi connectivity index (χ4n) is 5.91. The van der Waals surface area contributed by atoms with Crippen molar-refractivity contribution >= 4 is 5.96 Å². The Morgan fingerprint density at radius 1 is 1.18 bits per heavy atom. The van der Waals surface area contributed by atoms with Crippen molar-refractivity contribution in [2.45, 2.75) is 63.7 Å². The standard InChI is InChI=1S/C27H32N4O2/c1-3-7-19-9-4-5-11-22(19)25-16-27(30-26(29)31(2)33-27)23-15-21(12-13-24(23)32-25)20-10-6-8-18(14-20)17-28/h6,8,10,12-15,19,22,25H,3-5,7,9,11,16H2,1-2H3,(H2,29,30). The van der Waals surface area contributed by atoms with Gasteiger partial charge in [-0.2, -0.15) is 5.26 Å². The number of fused-ring (bicyclic) bond motifs is 2. The van der Waals surface area contributed by atoms with E-state index in [4.69, 9.17) is 20.3 Å². The van der Waals surface area contributed by atoms with Crippen LogP contribution in [0.4, 0.5) is 0 Å². The zero-order chi connectivity index (χ0) is 23.0. The van der Waals surface area contributed by atoms with Gasteiger partial charge in [-0.05, 0) is 53.6 Å². The summed E-state index contributed by atoms with van der Waals surface area (Å²) in [5.74, 6) is 2.38. The number of nitrogens with two attached hydrogens (primary N) is 1. The smallest absolute Gasteiger partial charge is 0.221 e. The Morgan fingerprint density at radius 3 is 2.76 bits per heavy atom. The van der Waals surface area contributed by atoms with E-state index >= 15 is 0 Å². The van der Waals surface area contributed by atoms with Crippen molar-refractivity contribution in [3.63, 3.8) is 0 Å². The molecule has 0 amide bonds. The minimum Gasteiger partial charge on any atom is -0.489 e. The Balaban J connectivity index is 1.56. The summed E-state index contributed by atoms with van der Waals surface area (Å²) < 4.78 is 6.68. The van der Waals surface area contributed by atoms with Crippen LogP contribution in [0, 0.1) is 23.2 Å². The van der Waals surface area contributed by atoms with Crippen LogP contribution in [-0.4, -0.2) is 24.2 Å². The topological polar surface area (TPSA) is 83.9 Å². The van der Waals surface area contributed by atoms with Crippen molar-refractivity contribution in [3.05, 3.63) is 53.6 Å². The third-order valence-corrected chi connectivity index (χ3v) is 7.49. The molecule has 3 aliphatic rings. The van der Waals surface area contributed by atoms with Gasteiger partial charge in [0.2, 0.25) is 11.7 Å². The van der Waals surface area contributed by atoms with E-state index in [1.807, 2.05) is 30.3 Å². The van der Waals surface area contributed by atoms with Crippen LogP contribution in [0.2, 0.25) is 0 Å². The molecule has 2 aromatic carbocycles. The van der Waals surface area contributed by atoms with E-state index in [0.717, 1.165) is 22.4 Å². The van der Waals surface area contributed by atoms with Gasteiger partial charge >= 0.3 is 0 Å². The number of rotatable bonds is 4. The second kappa shape index (κ2) is 8.72. The summed E-state index contributed by atoms with van der Waals surface area (Å²) >= 11 is 0. The average molecular weight is 445 g/mol. The number of benzene rings is 2. The highest BCUT2D eigenvalue weighted by atomic mass is 16.7. The third-order valence-electron chi connectivity index (χ3n) is 7.49. The van der Waals surface area contributed by atoms with Crippen molar-refractivity contribution in [1.29, 1.82) is 5.26 Å². The zero-order valence-electron chi connectivity index (χ0n) is 19.5. The van der Waals surface area contributed by atoms with Gasteiger partial charge in [-0.15, -0.1) is 0 Å². The van der Waals surface area contributed by atoms with E-state index in [1.54, 1.807) is 12.1 Å². The number of nitriles is 1. The molecule has 5 rings (SSSR count). The lowest BCUT2D eigenvalue weighted by atomic mass is 9.71. The summed E-state index contributed by atoms with van der Waals surface area (Å²) in [5.41, 5.74) is 8.83. The van der Waals surface area contributed by atoms with Gasteiger partial charge in [0.05, 0.1) is 17.2 Å². The number of aliphatic imine (C=N–C) groups is 1. The van der Waals surface area contributed by atoms with Crippen molar-refractivity contribution in [2.24, 2.45) is 22.6 Å². The minimum atomic E-state index is -0.881. The van der Waals surface area contributed by atoms with Crippen LogP contribution < -0.4 is 10.5 Å². The van der Waals surface area contributed by atoms with Gasteiger partial charge in [-0.1, -0.05) is 57.2 Å². The van der Waals surface area contributed by atoms with Crippen molar-refractivity contribution in [3.8, 4) is 22.9 Å². The number of hydrogen-bond donors (Lipinski definition) is 1. The zero-order valence-corrected chi connectivity index (χ0v) is 19.5. The van der Waals surface area contributed by atoms with Crippen LogP contribution in [0.15, 0.2) is 47.5 Å². The number of hydrogen-bond acceptors (Lipinski definition) is 6. The fraction of sp³-hybridized carbons (Fsp3) is 0.481. The Morgan fingerprint density at radius 2 is 2.00 bits per heavy atom. The summed E-state index contributed by atoms with van der Waals surface area (Å²) in [4.78, 5) is 11.2. The van der Waals surface area contributed by atoms with Crippen molar-refractivity contribution < 1.29 is 9.57 Å². The molecule has 6 heteroatoms. The van der Waals surface area contributed by atoms with E-state index in [-0.39, 0.29) is 6.10 Å². The molecule has 2 N–H and O–H groups in total. The second-order valence-electron chi connectivity index (χ2n) is 9.60. The minimum absolute atomic E-state index is 0.0465. The lowest BCUT2D eigenvalue weighted by Gasteiger charge is -2.43.